The number of ether oxygens (including phenoxy) is 2. The fourth-order valence-electron chi connectivity index (χ4n) is 2.46. The highest BCUT2D eigenvalue weighted by Crippen LogP contribution is 2.24. The molecule has 0 saturated carbocycles. The molecule has 1 aromatic carbocycles. The molecular formula is C21H28N2O4S. The number of esters is 1. The summed E-state index contributed by atoms with van der Waals surface area (Å²) >= 11 is 1.30. The number of thiazole rings is 1. The van der Waals surface area contributed by atoms with Crippen molar-refractivity contribution in [3.05, 3.63) is 40.9 Å². The van der Waals surface area contributed by atoms with Crippen molar-refractivity contribution in [3.8, 4) is 5.75 Å². The Morgan fingerprint density at radius 1 is 1.18 bits per heavy atom. The molecule has 1 amide bonds. The van der Waals surface area contributed by atoms with Gasteiger partial charge in [0.15, 0.2) is 5.13 Å². The van der Waals surface area contributed by atoms with E-state index in [0.717, 1.165) is 5.75 Å². The first-order valence-electron chi connectivity index (χ1n) is 9.41. The molecule has 2 aromatic rings. The molecule has 1 aromatic heterocycles. The Morgan fingerprint density at radius 3 is 2.54 bits per heavy atom. The summed E-state index contributed by atoms with van der Waals surface area (Å²) in [5, 5.41) is 4.99. The highest BCUT2D eigenvalue weighted by Gasteiger charge is 2.13. The van der Waals surface area contributed by atoms with Gasteiger partial charge in [0.25, 0.3) is 0 Å². The molecule has 0 saturated heterocycles. The Bertz CT molecular complexity index is 778. The largest absolute Gasteiger partial charge is 0.494 e. The second-order valence-corrected chi connectivity index (χ2v) is 8.26. The second kappa shape index (κ2) is 10.2. The third-order valence-electron chi connectivity index (χ3n) is 3.97. The van der Waals surface area contributed by atoms with Crippen molar-refractivity contribution in [1.29, 1.82) is 0 Å². The summed E-state index contributed by atoms with van der Waals surface area (Å²) in [6.45, 7) is 9.08. The lowest BCUT2D eigenvalue weighted by Crippen LogP contribution is -2.13. The summed E-state index contributed by atoms with van der Waals surface area (Å²) < 4.78 is 10.6. The molecule has 0 aliphatic rings. The van der Waals surface area contributed by atoms with Crippen LogP contribution in [0.1, 0.15) is 51.8 Å². The Kier molecular flexibility index (Phi) is 7.99. The maximum absolute atomic E-state index is 12.0. The van der Waals surface area contributed by atoms with Gasteiger partial charge in [0, 0.05) is 11.8 Å². The number of carbonyl (C=O) groups excluding carboxylic acids is 2. The van der Waals surface area contributed by atoms with Crippen molar-refractivity contribution < 1.29 is 19.1 Å². The monoisotopic (exact) mass is 404 g/mol. The van der Waals surface area contributed by atoms with Crippen LogP contribution in [-0.4, -0.2) is 30.1 Å². The molecule has 0 radical (unpaired) electrons. The van der Waals surface area contributed by atoms with Crippen LogP contribution in [0.25, 0.3) is 0 Å². The van der Waals surface area contributed by atoms with Crippen LogP contribution in [0.4, 0.5) is 5.13 Å². The van der Waals surface area contributed by atoms with Gasteiger partial charge in [-0.05, 0) is 36.5 Å². The van der Waals surface area contributed by atoms with Crippen LogP contribution in [0.2, 0.25) is 0 Å². The van der Waals surface area contributed by atoms with Crippen molar-refractivity contribution in [2.75, 3.05) is 18.5 Å². The molecule has 0 spiro atoms. The number of amides is 1. The molecule has 2 rings (SSSR count). The van der Waals surface area contributed by atoms with E-state index in [2.05, 4.69) is 43.2 Å². The molecule has 6 nitrogen and oxygen atoms in total. The minimum atomic E-state index is -0.321. The number of aromatic nitrogens is 1. The lowest BCUT2D eigenvalue weighted by atomic mass is 9.87. The summed E-state index contributed by atoms with van der Waals surface area (Å²) in [5.74, 6) is 0.360. The van der Waals surface area contributed by atoms with E-state index < -0.39 is 0 Å². The molecule has 0 atom stereocenters. The number of carbonyl (C=O) groups is 2. The highest BCUT2D eigenvalue weighted by molar-refractivity contribution is 7.13. The van der Waals surface area contributed by atoms with Crippen molar-refractivity contribution in [1.82, 2.24) is 4.98 Å². The molecule has 28 heavy (non-hydrogen) atoms. The summed E-state index contributed by atoms with van der Waals surface area (Å²) in [7, 11) is 0. The van der Waals surface area contributed by atoms with Crippen molar-refractivity contribution in [2.24, 2.45) is 0 Å². The first-order chi connectivity index (χ1) is 13.3. The van der Waals surface area contributed by atoms with Gasteiger partial charge in [-0.2, -0.15) is 0 Å². The van der Waals surface area contributed by atoms with Gasteiger partial charge in [-0.1, -0.05) is 32.9 Å². The summed E-state index contributed by atoms with van der Waals surface area (Å²) in [5.41, 5.74) is 1.97. The van der Waals surface area contributed by atoms with Crippen LogP contribution in [0.3, 0.4) is 0 Å². The van der Waals surface area contributed by atoms with Gasteiger partial charge in [0.05, 0.1) is 25.3 Å². The van der Waals surface area contributed by atoms with Gasteiger partial charge in [-0.3, -0.25) is 9.59 Å². The molecule has 152 valence electrons. The average Bonchev–Trinajstić information content (AvgIpc) is 3.05. The molecular weight excluding hydrogens is 376 g/mol. The fourth-order valence-corrected chi connectivity index (χ4v) is 3.19. The van der Waals surface area contributed by atoms with Crippen molar-refractivity contribution in [3.63, 3.8) is 0 Å². The van der Waals surface area contributed by atoms with E-state index in [1.807, 2.05) is 12.1 Å². The third kappa shape index (κ3) is 7.31. The van der Waals surface area contributed by atoms with E-state index in [1.54, 1.807) is 12.3 Å². The fraction of sp³-hybridized carbons (Fsp3) is 0.476. The van der Waals surface area contributed by atoms with Gasteiger partial charge in [-0.15, -0.1) is 11.3 Å². The minimum absolute atomic E-state index is 0.113. The van der Waals surface area contributed by atoms with Gasteiger partial charge in [0.2, 0.25) is 5.91 Å². The van der Waals surface area contributed by atoms with E-state index >= 15 is 0 Å². The number of hydrogen-bond acceptors (Lipinski definition) is 6. The van der Waals surface area contributed by atoms with Gasteiger partial charge in [0.1, 0.15) is 5.75 Å². The van der Waals surface area contributed by atoms with Gasteiger partial charge in [-0.25, -0.2) is 4.98 Å². The number of hydrogen-bond donors (Lipinski definition) is 1. The minimum Gasteiger partial charge on any atom is -0.494 e. The third-order valence-corrected chi connectivity index (χ3v) is 4.77. The molecule has 7 heteroatoms. The second-order valence-electron chi connectivity index (χ2n) is 7.40. The Balaban J connectivity index is 1.69. The van der Waals surface area contributed by atoms with Crippen LogP contribution in [0, 0.1) is 0 Å². The molecule has 0 aliphatic heterocycles. The summed E-state index contributed by atoms with van der Waals surface area (Å²) in [6, 6.07) is 8.05. The van der Waals surface area contributed by atoms with Crippen LogP contribution in [-0.2, 0) is 26.2 Å². The maximum atomic E-state index is 12.0. The standard InChI is InChI=1S/C21H28N2O4S/c1-5-26-19(25)13-16-14-28-20(22-16)23-18(24)7-6-12-27-17-10-8-15(9-11-17)21(2,3)4/h8-11,14H,5-7,12-13H2,1-4H3,(H,22,23,24). The zero-order chi connectivity index (χ0) is 20.6. The first-order valence-corrected chi connectivity index (χ1v) is 10.3. The van der Waals surface area contributed by atoms with Gasteiger partial charge >= 0.3 is 5.97 Å². The van der Waals surface area contributed by atoms with Crippen molar-refractivity contribution in [2.45, 2.75) is 52.4 Å². The number of benzene rings is 1. The van der Waals surface area contributed by atoms with E-state index in [4.69, 9.17) is 9.47 Å². The SMILES string of the molecule is CCOC(=O)Cc1csc(NC(=O)CCCOc2ccc(C(C)(C)C)cc2)n1. The summed E-state index contributed by atoms with van der Waals surface area (Å²) in [4.78, 5) is 27.7. The Hall–Kier alpha value is -2.41. The van der Waals surface area contributed by atoms with E-state index in [-0.39, 0.29) is 23.7 Å². The van der Waals surface area contributed by atoms with E-state index in [9.17, 15) is 9.59 Å². The topological polar surface area (TPSA) is 77.5 Å². The maximum Gasteiger partial charge on any atom is 0.311 e. The zero-order valence-corrected chi connectivity index (χ0v) is 17.7. The molecule has 0 unspecified atom stereocenters. The van der Waals surface area contributed by atoms with E-state index in [0.29, 0.717) is 36.9 Å². The Morgan fingerprint density at radius 2 is 1.89 bits per heavy atom. The zero-order valence-electron chi connectivity index (χ0n) is 16.9. The number of nitrogens with zero attached hydrogens (tertiary/aromatic N) is 1. The summed E-state index contributed by atoms with van der Waals surface area (Å²) in [6.07, 6.45) is 1.06. The number of rotatable bonds is 9. The number of anilines is 1. The first kappa shape index (κ1) is 21.9. The predicted octanol–water partition coefficient (Wildman–Crippen LogP) is 4.34. The lowest BCUT2D eigenvalue weighted by molar-refractivity contribution is -0.142. The van der Waals surface area contributed by atoms with Crippen LogP contribution in [0.15, 0.2) is 29.6 Å². The van der Waals surface area contributed by atoms with E-state index in [1.165, 1.54) is 16.9 Å². The average molecular weight is 405 g/mol. The van der Waals surface area contributed by atoms with Crippen LogP contribution >= 0.6 is 11.3 Å². The number of nitrogens with one attached hydrogen (secondary N) is 1. The smallest absolute Gasteiger partial charge is 0.311 e. The molecule has 1 heterocycles. The molecule has 0 aliphatic carbocycles. The predicted molar refractivity (Wildman–Crippen MR) is 111 cm³/mol. The van der Waals surface area contributed by atoms with Crippen LogP contribution < -0.4 is 10.1 Å². The Labute approximate surface area is 170 Å². The van der Waals surface area contributed by atoms with Crippen molar-refractivity contribution >= 4 is 28.3 Å². The van der Waals surface area contributed by atoms with Gasteiger partial charge < -0.3 is 14.8 Å². The lowest BCUT2D eigenvalue weighted by Gasteiger charge is -2.19. The molecule has 0 bridgehead atoms. The normalized spacial score (nSPS) is 11.1. The molecule has 1 N–H and O–H groups in total. The quantitative estimate of drug-likeness (QED) is 0.497. The van der Waals surface area contributed by atoms with Crippen LogP contribution in [0.5, 0.6) is 5.75 Å². The highest BCUT2D eigenvalue weighted by atomic mass is 32.1. The molecule has 0 fully saturated rings.